The summed E-state index contributed by atoms with van der Waals surface area (Å²) < 4.78 is 27.3. The monoisotopic (exact) mass is 460 g/mol. The van der Waals surface area contributed by atoms with Crippen LogP contribution >= 0.6 is 0 Å². The van der Waals surface area contributed by atoms with Crippen LogP contribution in [0.3, 0.4) is 0 Å². The maximum atomic E-state index is 13.6. The minimum absolute atomic E-state index is 0.244. The van der Waals surface area contributed by atoms with Gasteiger partial charge in [-0.3, -0.25) is 29.7 Å². The highest BCUT2D eigenvalue weighted by molar-refractivity contribution is 5.92. The van der Waals surface area contributed by atoms with Gasteiger partial charge in [0.1, 0.15) is 11.4 Å². The number of amides is 1. The molecule has 0 saturated heterocycles. The Morgan fingerprint density at radius 2 is 1.76 bits per heavy atom. The Kier molecular flexibility index (Phi) is 6.36. The van der Waals surface area contributed by atoms with Gasteiger partial charge >= 0.3 is 0 Å². The molecular weight excluding hydrogens is 438 g/mol. The first kappa shape index (κ1) is 23.0. The molecule has 0 aliphatic rings. The second kappa shape index (κ2) is 9.38. The molecule has 0 saturated carbocycles. The molecule has 0 aliphatic heterocycles. The van der Waals surface area contributed by atoms with Gasteiger partial charge in [-0.25, -0.2) is 0 Å². The van der Waals surface area contributed by atoms with E-state index in [1.54, 1.807) is 43.1 Å². The quantitative estimate of drug-likeness (QED) is 0.450. The minimum atomic E-state index is -3.03. The Balaban J connectivity index is 1.46. The third-order valence-electron chi connectivity index (χ3n) is 5.25. The number of hydrogen-bond donors (Lipinski definition) is 1. The molecule has 0 aliphatic carbocycles. The van der Waals surface area contributed by atoms with Crippen molar-refractivity contribution >= 4 is 5.91 Å². The Bertz CT molecular complexity index is 1340. The van der Waals surface area contributed by atoms with Gasteiger partial charge < -0.3 is 5.32 Å². The predicted molar refractivity (Wildman–Crippen MR) is 123 cm³/mol. The van der Waals surface area contributed by atoms with Crippen molar-refractivity contribution in [2.75, 3.05) is 0 Å². The first-order valence-electron chi connectivity index (χ1n) is 10.5. The minimum Gasteiger partial charge on any atom is -0.347 e. The molecule has 4 aromatic heterocycles. The van der Waals surface area contributed by atoms with Gasteiger partial charge in [-0.1, -0.05) is 6.07 Å². The predicted octanol–water partition coefficient (Wildman–Crippen LogP) is 4.65. The van der Waals surface area contributed by atoms with Crippen LogP contribution in [-0.4, -0.2) is 30.8 Å². The highest BCUT2D eigenvalue weighted by atomic mass is 19.3. The fourth-order valence-corrected chi connectivity index (χ4v) is 3.51. The summed E-state index contributed by atoms with van der Waals surface area (Å²) >= 11 is 0. The Labute approximate surface area is 195 Å². The average molecular weight is 460 g/mol. The van der Waals surface area contributed by atoms with E-state index in [1.807, 2.05) is 19.9 Å². The molecule has 0 spiro atoms. The van der Waals surface area contributed by atoms with E-state index in [2.05, 4.69) is 30.2 Å². The summed E-state index contributed by atoms with van der Waals surface area (Å²) in [5, 5.41) is 2.84. The second-order valence-electron chi connectivity index (χ2n) is 7.98. The van der Waals surface area contributed by atoms with Crippen molar-refractivity contribution < 1.29 is 13.6 Å². The van der Waals surface area contributed by atoms with Gasteiger partial charge in [0.05, 0.1) is 17.6 Å². The van der Waals surface area contributed by atoms with E-state index in [4.69, 9.17) is 0 Å². The smallest absolute Gasteiger partial charge is 0.286 e. The van der Waals surface area contributed by atoms with Gasteiger partial charge in [0.25, 0.3) is 11.8 Å². The summed E-state index contributed by atoms with van der Waals surface area (Å²) in [7, 11) is 0. The van der Waals surface area contributed by atoms with Gasteiger partial charge in [0, 0.05) is 55.6 Å². The van der Waals surface area contributed by atoms with Gasteiger partial charge in [-0.05, 0) is 48.7 Å². The molecule has 4 rings (SSSR count). The molecule has 7 nitrogen and oxygen atoms in total. The van der Waals surface area contributed by atoms with Crippen LogP contribution in [-0.2, 0) is 12.5 Å². The van der Waals surface area contributed by atoms with Gasteiger partial charge in [0.15, 0.2) is 0 Å². The molecule has 0 radical (unpaired) electrons. The number of carbonyl (C=O) groups is 1. The first-order valence-corrected chi connectivity index (χ1v) is 10.5. The van der Waals surface area contributed by atoms with E-state index in [9.17, 15) is 13.6 Å². The molecule has 0 atom stereocenters. The lowest BCUT2D eigenvalue weighted by Gasteiger charge is -2.12. The van der Waals surface area contributed by atoms with Crippen LogP contribution < -0.4 is 5.32 Å². The van der Waals surface area contributed by atoms with E-state index in [0.29, 0.717) is 17.0 Å². The molecule has 1 amide bonds. The van der Waals surface area contributed by atoms with Crippen LogP contribution in [0.25, 0.3) is 22.5 Å². The number of aromatic nitrogens is 5. The summed E-state index contributed by atoms with van der Waals surface area (Å²) in [6.45, 7) is 4.78. The second-order valence-corrected chi connectivity index (χ2v) is 7.98. The molecule has 9 heteroatoms. The zero-order valence-electron chi connectivity index (χ0n) is 18.9. The lowest BCUT2D eigenvalue weighted by molar-refractivity contribution is 0.0128. The van der Waals surface area contributed by atoms with Crippen LogP contribution in [0.15, 0.2) is 61.4 Å². The van der Waals surface area contributed by atoms with E-state index in [1.165, 1.54) is 12.3 Å². The van der Waals surface area contributed by atoms with Crippen LogP contribution in [0.4, 0.5) is 8.78 Å². The van der Waals surface area contributed by atoms with E-state index >= 15 is 0 Å². The average Bonchev–Trinajstić information content (AvgIpc) is 2.82. The van der Waals surface area contributed by atoms with Crippen molar-refractivity contribution in [2.45, 2.75) is 33.2 Å². The zero-order valence-corrected chi connectivity index (χ0v) is 18.9. The van der Waals surface area contributed by atoms with Crippen molar-refractivity contribution in [1.29, 1.82) is 0 Å². The summed E-state index contributed by atoms with van der Waals surface area (Å²) in [4.78, 5) is 33.4. The number of nitrogens with one attached hydrogen (secondary N) is 1. The lowest BCUT2D eigenvalue weighted by atomic mass is 10.0. The fourth-order valence-electron chi connectivity index (χ4n) is 3.51. The topological polar surface area (TPSA) is 93.6 Å². The third-order valence-corrected chi connectivity index (χ3v) is 5.25. The maximum absolute atomic E-state index is 13.6. The van der Waals surface area contributed by atoms with Gasteiger partial charge in [-0.15, -0.1) is 0 Å². The number of halogens is 2. The highest BCUT2D eigenvalue weighted by Crippen LogP contribution is 2.29. The SMILES string of the molecule is Cc1cc(C(=O)NCc2cnc(-c3ccnc(C(C)(F)F)c3)c(C)c2)ncc1-c1cnccn1. The lowest BCUT2D eigenvalue weighted by Crippen LogP contribution is -2.24. The van der Waals surface area contributed by atoms with Crippen molar-refractivity contribution in [1.82, 2.24) is 30.2 Å². The molecule has 1 N–H and O–H groups in total. The summed E-state index contributed by atoms with van der Waals surface area (Å²) in [5.41, 5.74) is 5.04. The zero-order chi connectivity index (χ0) is 24.3. The largest absolute Gasteiger partial charge is 0.347 e. The normalized spacial score (nSPS) is 11.3. The molecule has 0 aromatic carbocycles. The van der Waals surface area contributed by atoms with Crippen LogP contribution in [0.1, 0.15) is 39.8 Å². The third kappa shape index (κ3) is 5.09. The first-order chi connectivity index (χ1) is 16.2. The molecule has 0 bridgehead atoms. The Hall–Kier alpha value is -4.14. The number of pyridine rings is 3. The van der Waals surface area contributed by atoms with E-state index in [-0.39, 0.29) is 23.8 Å². The fraction of sp³-hybridized carbons (Fsp3) is 0.200. The summed E-state index contributed by atoms with van der Waals surface area (Å²) in [5.74, 6) is -3.35. The molecule has 4 heterocycles. The van der Waals surface area contributed by atoms with Crippen molar-refractivity contribution in [3.8, 4) is 22.5 Å². The molecule has 172 valence electrons. The number of alkyl halides is 2. The van der Waals surface area contributed by atoms with Crippen molar-refractivity contribution in [3.63, 3.8) is 0 Å². The standard InChI is InChI=1S/C25H22F2N6O/c1-15-9-20(31-13-19(15)21-14-28-6-7-29-21)24(34)33-12-17-8-16(2)23(32-11-17)18-4-5-30-22(10-18)25(3,26)27/h4-11,13-14H,12H2,1-3H3,(H,33,34). The molecule has 0 fully saturated rings. The van der Waals surface area contributed by atoms with Crippen molar-refractivity contribution in [3.05, 3.63) is 89.5 Å². The van der Waals surface area contributed by atoms with Crippen LogP contribution in [0, 0.1) is 13.8 Å². The number of rotatable bonds is 6. The van der Waals surface area contributed by atoms with Gasteiger partial charge in [-0.2, -0.15) is 8.78 Å². The number of nitrogens with zero attached hydrogens (tertiary/aromatic N) is 5. The van der Waals surface area contributed by atoms with E-state index in [0.717, 1.165) is 29.2 Å². The van der Waals surface area contributed by atoms with Crippen molar-refractivity contribution in [2.24, 2.45) is 0 Å². The highest BCUT2D eigenvalue weighted by Gasteiger charge is 2.26. The molecule has 34 heavy (non-hydrogen) atoms. The number of carbonyl (C=O) groups excluding carboxylic acids is 1. The number of hydrogen-bond acceptors (Lipinski definition) is 6. The number of aryl methyl sites for hydroxylation is 2. The summed E-state index contributed by atoms with van der Waals surface area (Å²) in [6.07, 6.45) is 9.41. The Morgan fingerprint density at radius 1 is 0.941 bits per heavy atom. The molecular formula is C25H22F2N6O. The molecule has 4 aromatic rings. The molecule has 0 unspecified atom stereocenters. The van der Waals surface area contributed by atoms with E-state index < -0.39 is 5.92 Å². The van der Waals surface area contributed by atoms with Crippen LogP contribution in [0.5, 0.6) is 0 Å². The maximum Gasteiger partial charge on any atom is 0.286 e. The van der Waals surface area contributed by atoms with Gasteiger partial charge in [0.2, 0.25) is 0 Å². The summed E-state index contributed by atoms with van der Waals surface area (Å²) in [6, 6.07) is 6.55. The Morgan fingerprint density at radius 3 is 2.44 bits per heavy atom. The van der Waals surface area contributed by atoms with Crippen LogP contribution in [0.2, 0.25) is 0 Å².